The molecule has 2 heteroatoms. The number of rotatable bonds is 5. The van der Waals surface area contributed by atoms with Crippen LogP contribution in [0.25, 0.3) is 0 Å². The van der Waals surface area contributed by atoms with E-state index in [1.807, 2.05) is 0 Å². The van der Waals surface area contributed by atoms with Crippen molar-refractivity contribution in [2.75, 3.05) is 13.7 Å². The van der Waals surface area contributed by atoms with Crippen molar-refractivity contribution < 1.29 is 4.74 Å². The van der Waals surface area contributed by atoms with E-state index in [-0.39, 0.29) is 0 Å². The summed E-state index contributed by atoms with van der Waals surface area (Å²) in [6.45, 7) is 5.35. The number of nitrogens with one attached hydrogen (secondary N) is 1. The van der Waals surface area contributed by atoms with Crippen molar-refractivity contribution in [2.45, 2.75) is 45.6 Å². The fourth-order valence-electron chi connectivity index (χ4n) is 3.14. The molecule has 100 valence electrons. The van der Waals surface area contributed by atoms with E-state index in [9.17, 15) is 0 Å². The van der Waals surface area contributed by atoms with E-state index in [1.54, 1.807) is 7.11 Å². The average molecular weight is 247 g/mol. The lowest BCUT2D eigenvalue weighted by molar-refractivity contribution is 0.349. The fraction of sp³-hybridized carbons (Fsp3) is 0.625. The summed E-state index contributed by atoms with van der Waals surface area (Å²) in [7, 11) is 1.77. The van der Waals surface area contributed by atoms with Gasteiger partial charge in [0.25, 0.3) is 0 Å². The van der Waals surface area contributed by atoms with Gasteiger partial charge in [-0.15, -0.1) is 0 Å². The van der Waals surface area contributed by atoms with E-state index in [2.05, 4.69) is 37.4 Å². The largest absolute Gasteiger partial charge is 0.496 e. The summed E-state index contributed by atoms with van der Waals surface area (Å²) < 4.78 is 5.55. The van der Waals surface area contributed by atoms with Gasteiger partial charge in [-0.3, -0.25) is 0 Å². The van der Waals surface area contributed by atoms with Crippen LogP contribution < -0.4 is 10.1 Å². The van der Waals surface area contributed by atoms with Crippen molar-refractivity contribution in [1.82, 2.24) is 5.32 Å². The molecule has 2 nitrogen and oxygen atoms in total. The lowest BCUT2D eigenvalue weighted by Crippen LogP contribution is -2.27. The highest BCUT2D eigenvalue weighted by Crippen LogP contribution is 2.39. The lowest BCUT2D eigenvalue weighted by Gasteiger charge is -2.26. The zero-order valence-electron chi connectivity index (χ0n) is 11.8. The van der Waals surface area contributed by atoms with Gasteiger partial charge in [0.05, 0.1) is 7.11 Å². The van der Waals surface area contributed by atoms with Crippen LogP contribution in [0, 0.1) is 12.8 Å². The summed E-state index contributed by atoms with van der Waals surface area (Å²) in [4.78, 5) is 0. The SMILES string of the molecule is CCNC(c1cc(C)ccc1OC)C1CCCC1. The molecule has 1 aliphatic rings. The maximum Gasteiger partial charge on any atom is 0.123 e. The van der Waals surface area contributed by atoms with Crippen LogP contribution in [-0.4, -0.2) is 13.7 Å². The van der Waals surface area contributed by atoms with E-state index in [0.29, 0.717) is 6.04 Å². The Morgan fingerprint density at radius 1 is 1.33 bits per heavy atom. The Morgan fingerprint density at radius 3 is 2.67 bits per heavy atom. The second kappa shape index (κ2) is 6.24. The first-order chi connectivity index (χ1) is 8.76. The minimum atomic E-state index is 0.451. The van der Waals surface area contributed by atoms with E-state index >= 15 is 0 Å². The smallest absolute Gasteiger partial charge is 0.123 e. The van der Waals surface area contributed by atoms with E-state index in [1.165, 1.54) is 36.8 Å². The van der Waals surface area contributed by atoms with Gasteiger partial charge in [0.15, 0.2) is 0 Å². The summed E-state index contributed by atoms with van der Waals surface area (Å²) in [6, 6.07) is 6.96. The molecule has 1 aliphatic carbocycles. The molecule has 1 fully saturated rings. The Kier molecular flexibility index (Phi) is 4.65. The van der Waals surface area contributed by atoms with E-state index in [0.717, 1.165) is 18.2 Å². The predicted molar refractivity (Wildman–Crippen MR) is 76.1 cm³/mol. The average Bonchev–Trinajstić information content (AvgIpc) is 2.89. The number of ether oxygens (including phenoxy) is 1. The van der Waals surface area contributed by atoms with Crippen molar-refractivity contribution in [3.8, 4) is 5.75 Å². The molecule has 0 spiro atoms. The second-order valence-corrected chi connectivity index (χ2v) is 5.33. The lowest BCUT2D eigenvalue weighted by atomic mass is 9.90. The van der Waals surface area contributed by atoms with Crippen molar-refractivity contribution in [3.05, 3.63) is 29.3 Å². The Hall–Kier alpha value is -1.02. The standard InChI is InChI=1S/C16H25NO/c1-4-17-16(13-7-5-6-8-13)14-11-12(2)9-10-15(14)18-3/h9-11,13,16-17H,4-8H2,1-3H3. The zero-order valence-corrected chi connectivity index (χ0v) is 11.8. The summed E-state index contributed by atoms with van der Waals surface area (Å²) >= 11 is 0. The van der Waals surface area contributed by atoms with Gasteiger partial charge in [0.1, 0.15) is 5.75 Å². The second-order valence-electron chi connectivity index (χ2n) is 5.33. The van der Waals surface area contributed by atoms with E-state index < -0.39 is 0 Å². The van der Waals surface area contributed by atoms with Crippen LogP contribution in [0.1, 0.15) is 49.8 Å². The minimum Gasteiger partial charge on any atom is -0.496 e. The normalized spacial score (nSPS) is 17.9. The predicted octanol–water partition coefficient (Wildman–Crippen LogP) is 3.84. The molecule has 18 heavy (non-hydrogen) atoms. The highest BCUT2D eigenvalue weighted by atomic mass is 16.5. The van der Waals surface area contributed by atoms with Crippen molar-refractivity contribution in [2.24, 2.45) is 5.92 Å². The van der Waals surface area contributed by atoms with Gasteiger partial charge in [-0.25, -0.2) is 0 Å². The number of hydrogen-bond donors (Lipinski definition) is 1. The molecule has 1 aromatic rings. The molecule has 2 rings (SSSR count). The van der Waals surface area contributed by atoms with E-state index in [4.69, 9.17) is 4.74 Å². The van der Waals surface area contributed by atoms with Crippen LogP contribution in [0.15, 0.2) is 18.2 Å². The molecule has 1 unspecified atom stereocenters. The fourth-order valence-corrected chi connectivity index (χ4v) is 3.14. The molecule has 1 saturated carbocycles. The molecule has 0 amide bonds. The molecule has 0 bridgehead atoms. The first kappa shape index (κ1) is 13.4. The number of methoxy groups -OCH3 is 1. The molecule has 0 saturated heterocycles. The third kappa shape index (κ3) is 2.86. The third-order valence-electron chi connectivity index (χ3n) is 4.02. The molecule has 1 atom stereocenters. The monoisotopic (exact) mass is 247 g/mol. The minimum absolute atomic E-state index is 0.451. The summed E-state index contributed by atoms with van der Waals surface area (Å²) in [5, 5.41) is 3.66. The first-order valence-electron chi connectivity index (χ1n) is 7.14. The van der Waals surface area contributed by atoms with Gasteiger partial charge in [-0.05, 0) is 38.3 Å². The molecule has 0 aromatic heterocycles. The summed E-state index contributed by atoms with van der Waals surface area (Å²) in [5.74, 6) is 1.79. The quantitative estimate of drug-likeness (QED) is 0.853. The molecule has 1 aromatic carbocycles. The molecule has 0 radical (unpaired) electrons. The topological polar surface area (TPSA) is 21.3 Å². The number of hydrogen-bond acceptors (Lipinski definition) is 2. The highest BCUT2D eigenvalue weighted by Gasteiger charge is 2.27. The van der Waals surface area contributed by atoms with Crippen LogP contribution in [-0.2, 0) is 0 Å². The number of benzene rings is 1. The molecule has 0 aliphatic heterocycles. The van der Waals surface area contributed by atoms with Gasteiger partial charge in [0, 0.05) is 11.6 Å². The highest BCUT2D eigenvalue weighted by molar-refractivity contribution is 5.39. The van der Waals surface area contributed by atoms with Crippen molar-refractivity contribution in [3.63, 3.8) is 0 Å². The maximum absolute atomic E-state index is 5.55. The molecular formula is C16H25NO. The Bertz CT molecular complexity index is 383. The third-order valence-corrected chi connectivity index (χ3v) is 4.02. The van der Waals surface area contributed by atoms with Gasteiger partial charge in [0.2, 0.25) is 0 Å². The Balaban J connectivity index is 2.31. The molecule has 1 N–H and O–H groups in total. The Morgan fingerprint density at radius 2 is 2.06 bits per heavy atom. The van der Waals surface area contributed by atoms with Gasteiger partial charge in [-0.2, -0.15) is 0 Å². The maximum atomic E-state index is 5.55. The summed E-state index contributed by atoms with van der Waals surface area (Å²) in [5.41, 5.74) is 2.65. The van der Waals surface area contributed by atoms with Crippen molar-refractivity contribution in [1.29, 1.82) is 0 Å². The van der Waals surface area contributed by atoms with Gasteiger partial charge in [-0.1, -0.05) is 37.5 Å². The summed E-state index contributed by atoms with van der Waals surface area (Å²) in [6.07, 6.45) is 5.44. The van der Waals surface area contributed by atoms with Crippen LogP contribution in [0.3, 0.4) is 0 Å². The first-order valence-corrected chi connectivity index (χ1v) is 7.14. The van der Waals surface area contributed by atoms with Crippen LogP contribution in [0.5, 0.6) is 5.75 Å². The number of aryl methyl sites for hydroxylation is 1. The van der Waals surface area contributed by atoms with Gasteiger partial charge >= 0.3 is 0 Å². The van der Waals surface area contributed by atoms with Gasteiger partial charge < -0.3 is 10.1 Å². The molecule has 0 heterocycles. The van der Waals surface area contributed by atoms with Crippen LogP contribution in [0.2, 0.25) is 0 Å². The Labute approximate surface area is 111 Å². The molecular weight excluding hydrogens is 222 g/mol. The zero-order chi connectivity index (χ0) is 13.0. The van der Waals surface area contributed by atoms with Crippen LogP contribution >= 0.6 is 0 Å². The van der Waals surface area contributed by atoms with Crippen LogP contribution in [0.4, 0.5) is 0 Å². The van der Waals surface area contributed by atoms with Crippen molar-refractivity contribution >= 4 is 0 Å².